The number of likely N-dealkylation sites (N-methyl/N-ethyl adjacent to an activating group) is 1. The quantitative estimate of drug-likeness (QED) is 0.880. The van der Waals surface area contributed by atoms with Crippen LogP contribution in [-0.4, -0.2) is 38.9 Å². The third kappa shape index (κ3) is 4.09. The van der Waals surface area contributed by atoms with E-state index in [1.807, 2.05) is 49.3 Å². The Kier molecular flexibility index (Phi) is 5.23. The summed E-state index contributed by atoms with van der Waals surface area (Å²) >= 11 is 0. The number of halogens is 1. The molecule has 2 rings (SSSR count). The van der Waals surface area contributed by atoms with E-state index in [-0.39, 0.29) is 17.5 Å². The summed E-state index contributed by atoms with van der Waals surface area (Å²) in [6.45, 7) is 0.176. The predicted octanol–water partition coefficient (Wildman–Crippen LogP) is 1.80. The first-order valence-corrected chi connectivity index (χ1v) is 8.20. The van der Waals surface area contributed by atoms with Gasteiger partial charge in [0.15, 0.2) is 0 Å². The van der Waals surface area contributed by atoms with Gasteiger partial charge in [0.25, 0.3) is 0 Å². The van der Waals surface area contributed by atoms with Gasteiger partial charge in [-0.15, -0.1) is 0 Å². The Hall–Kier alpha value is -1.83. The summed E-state index contributed by atoms with van der Waals surface area (Å²) < 4.78 is 40.0. The molecule has 0 radical (unpaired) electrons. The van der Waals surface area contributed by atoms with E-state index < -0.39 is 15.8 Å². The van der Waals surface area contributed by atoms with Crippen LogP contribution >= 0.6 is 0 Å². The first kappa shape index (κ1) is 16.5. The van der Waals surface area contributed by atoms with Crippen LogP contribution in [-0.2, 0) is 10.0 Å². The Bertz CT molecular complexity index is 721. The van der Waals surface area contributed by atoms with Crippen molar-refractivity contribution in [2.24, 2.45) is 0 Å². The number of rotatable bonds is 6. The van der Waals surface area contributed by atoms with Crippen LogP contribution in [0.15, 0.2) is 53.7 Å². The fourth-order valence-electron chi connectivity index (χ4n) is 2.09. The Morgan fingerprint density at radius 3 is 2.50 bits per heavy atom. The molecule has 0 unspecified atom stereocenters. The summed E-state index contributed by atoms with van der Waals surface area (Å²) in [5, 5.41) is 0. The molecule has 1 aromatic heterocycles. The number of sulfonamides is 1. The minimum absolute atomic E-state index is 0.127. The van der Waals surface area contributed by atoms with E-state index in [2.05, 4.69) is 9.71 Å². The number of hydrogen-bond acceptors (Lipinski definition) is 4. The highest BCUT2D eigenvalue weighted by molar-refractivity contribution is 7.89. The minimum Gasteiger partial charge on any atom is -0.301 e. The molecule has 7 heteroatoms. The molecule has 0 aliphatic carbocycles. The maximum atomic E-state index is 13.1. The lowest BCUT2D eigenvalue weighted by molar-refractivity contribution is 0.299. The molecular formula is C15H18FN3O2S. The van der Waals surface area contributed by atoms with Crippen molar-refractivity contribution in [3.8, 4) is 0 Å². The Labute approximate surface area is 129 Å². The normalized spacial score (nSPS) is 13.3. The molecule has 1 atom stereocenters. The molecule has 0 fully saturated rings. The number of nitrogens with one attached hydrogen (secondary N) is 1. The summed E-state index contributed by atoms with van der Waals surface area (Å²) in [4.78, 5) is 5.30. The van der Waals surface area contributed by atoms with Crippen LogP contribution in [0, 0.1) is 5.82 Å². The second kappa shape index (κ2) is 6.95. The van der Waals surface area contributed by atoms with Gasteiger partial charge < -0.3 is 4.90 Å². The number of pyridine rings is 1. The van der Waals surface area contributed by atoms with E-state index in [0.717, 1.165) is 24.0 Å². The van der Waals surface area contributed by atoms with Crippen LogP contribution in [0.5, 0.6) is 0 Å². The van der Waals surface area contributed by atoms with E-state index in [1.165, 1.54) is 0 Å². The van der Waals surface area contributed by atoms with Crippen LogP contribution in [0.3, 0.4) is 0 Å². The second-order valence-electron chi connectivity index (χ2n) is 5.08. The fraction of sp³-hybridized carbons (Fsp3) is 0.267. The zero-order valence-electron chi connectivity index (χ0n) is 12.4. The van der Waals surface area contributed by atoms with Gasteiger partial charge in [-0.2, -0.15) is 0 Å². The van der Waals surface area contributed by atoms with Crippen molar-refractivity contribution < 1.29 is 12.8 Å². The van der Waals surface area contributed by atoms with Crippen molar-refractivity contribution in [1.82, 2.24) is 14.6 Å². The van der Waals surface area contributed by atoms with Gasteiger partial charge >= 0.3 is 0 Å². The lowest BCUT2D eigenvalue weighted by Gasteiger charge is -2.25. The van der Waals surface area contributed by atoms with Crippen molar-refractivity contribution >= 4 is 10.0 Å². The average molecular weight is 323 g/mol. The predicted molar refractivity (Wildman–Crippen MR) is 82.3 cm³/mol. The Balaban J connectivity index is 2.16. The highest BCUT2D eigenvalue weighted by Gasteiger charge is 2.20. The molecule has 1 N–H and O–H groups in total. The molecule has 0 aliphatic heterocycles. The van der Waals surface area contributed by atoms with Gasteiger partial charge in [-0.3, -0.25) is 4.98 Å². The third-order valence-electron chi connectivity index (χ3n) is 3.26. The molecule has 1 aromatic carbocycles. The van der Waals surface area contributed by atoms with E-state index in [1.54, 1.807) is 0 Å². The number of nitrogens with zero attached hydrogens (tertiary/aromatic N) is 2. The molecular weight excluding hydrogens is 305 g/mol. The van der Waals surface area contributed by atoms with Gasteiger partial charge in [-0.1, -0.05) is 30.3 Å². The first-order valence-electron chi connectivity index (χ1n) is 6.72. The maximum absolute atomic E-state index is 13.1. The van der Waals surface area contributed by atoms with Crippen molar-refractivity contribution in [1.29, 1.82) is 0 Å². The molecule has 0 saturated carbocycles. The molecule has 118 valence electrons. The van der Waals surface area contributed by atoms with Crippen molar-refractivity contribution in [3.05, 3.63) is 60.2 Å². The van der Waals surface area contributed by atoms with Crippen molar-refractivity contribution in [2.45, 2.75) is 10.9 Å². The van der Waals surface area contributed by atoms with Crippen LogP contribution in [0.25, 0.3) is 0 Å². The van der Waals surface area contributed by atoms with Gasteiger partial charge in [-0.05, 0) is 25.7 Å². The molecule has 0 amide bonds. The summed E-state index contributed by atoms with van der Waals surface area (Å²) in [5.41, 5.74) is 0.993. The van der Waals surface area contributed by atoms with Gasteiger partial charge in [0.1, 0.15) is 10.7 Å². The highest BCUT2D eigenvalue weighted by Crippen LogP contribution is 2.18. The number of hydrogen-bond donors (Lipinski definition) is 1. The maximum Gasteiger partial charge on any atom is 0.242 e. The molecule has 5 nitrogen and oxygen atoms in total. The molecule has 0 bridgehead atoms. The molecule has 1 heterocycles. The van der Waals surface area contributed by atoms with E-state index >= 15 is 0 Å². The zero-order valence-corrected chi connectivity index (χ0v) is 13.2. The largest absolute Gasteiger partial charge is 0.301 e. The smallest absolute Gasteiger partial charge is 0.242 e. The number of benzene rings is 1. The molecule has 22 heavy (non-hydrogen) atoms. The lowest BCUT2D eigenvalue weighted by Crippen LogP contribution is -2.34. The summed E-state index contributed by atoms with van der Waals surface area (Å²) in [6.07, 6.45) is 2.09. The fourth-order valence-corrected chi connectivity index (χ4v) is 3.10. The van der Waals surface area contributed by atoms with Gasteiger partial charge in [0, 0.05) is 18.8 Å². The zero-order chi connectivity index (χ0) is 16.2. The molecule has 0 saturated heterocycles. The SMILES string of the molecule is CN(C)[C@H](CNS(=O)(=O)c1cncc(F)c1)c1ccccc1. The third-order valence-corrected chi connectivity index (χ3v) is 4.66. The lowest BCUT2D eigenvalue weighted by atomic mass is 10.1. The van der Waals surface area contributed by atoms with E-state index in [0.29, 0.717) is 0 Å². The minimum atomic E-state index is -3.80. The Morgan fingerprint density at radius 1 is 1.23 bits per heavy atom. The van der Waals surface area contributed by atoms with Gasteiger partial charge in [-0.25, -0.2) is 17.5 Å². The Morgan fingerprint density at radius 2 is 1.91 bits per heavy atom. The van der Waals surface area contributed by atoms with Gasteiger partial charge in [0.2, 0.25) is 10.0 Å². The van der Waals surface area contributed by atoms with Crippen molar-refractivity contribution in [3.63, 3.8) is 0 Å². The van der Waals surface area contributed by atoms with Crippen molar-refractivity contribution in [2.75, 3.05) is 20.6 Å². The van der Waals surface area contributed by atoms with E-state index in [4.69, 9.17) is 0 Å². The summed E-state index contributed by atoms with van der Waals surface area (Å²) in [5.74, 6) is -0.685. The molecule has 2 aromatic rings. The topological polar surface area (TPSA) is 62.3 Å². The molecule has 0 spiro atoms. The van der Waals surface area contributed by atoms with E-state index in [9.17, 15) is 12.8 Å². The van der Waals surface area contributed by atoms with Gasteiger partial charge in [0.05, 0.1) is 6.20 Å². The monoisotopic (exact) mass is 323 g/mol. The second-order valence-corrected chi connectivity index (χ2v) is 6.85. The van der Waals surface area contributed by atoms with Crippen LogP contribution in [0.1, 0.15) is 11.6 Å². The number of aromatic nitrogens is 1. The standard InChI is InChI=1S/C15H18FN3O2S/c1-19(2)15(12-6-4-3-5-7-12)11-18-22(20,21)14-8-13(16)9-17-10-14/h3-10,15,18H,11H2,1-2H3/t15-/m1/s1. The first-order chi connectivity index (χ1) is 10.4. The van der Waals surface area contributed by atoms with Crippen LogP contribution in [0.4, 0.5) is 4.39 Å². The molecule has 0 aliphatic rings. The average Bonchev–Trinajstić information content (AvgIpc) is 2.48. The van der Waals surface area contributed by atoms with Crippen LogP contribution in [0.2, 0.25) is 0 Å². The summed E-state index contributed by atoms with van der Waals surface area (Å²) in [6, 6.07) is 10.4. The highest BCUT2D eigenvalue weighted by atomic mass is 32.2. The van der Waals surface area contributed by atoms with Crippen LogP contribution < -0.4 is 4.72 Å². The summed E-state index contributed by atoms with van der Waals surface area (Å²) in [7, 11) is -0.0570.